The van der Waals surface area contributed by atoms with E-state index in [0.717, 1.165) is 5.56 Å². The molecule has 32 heavy (non-hydrogen) atoms. The first kappa shape index (κ1) is 22.0. The lowest BCUT2D eigenvalue weighted by Crippen LogP contribution is -2.49. The first-order valence-electron chi connectivity index (χ1n) is 9.97. The molecule has 0 bridgehead atoms. The van der Waals surface area contributed by atoms with Crippen LogP contribution in [0.5, 0.6) is 11.5 Å². The zero-order chi connectivity index (χ0) is 22.7. The minimum Gasteiger partial charge on any atom is -0.497 e. The molecule has 1 saturated heterocycles. The summed E-state index contributed by atoms with van der Waals surface area (Å²) in [7, 11) is -0.792. The van der Waals surface area contributed by atoms with Gasteiger partial charge in [0.05, 0.1) is 19.9 Å². The van der Waals surface area contributed by atoms with Crippen LogP contribution in [0.15, 0.2) is 59.8 Å². The topological polar surface area (TPSA) is 84.9 Å². The first-order chi connectivity index (χ1) is 15.4. The Bertz CT molecular complexity index is 1200. The maximum absolute atomic E-state index is 13.2. The molecular formula is C22H23FN4O4S. The number of rotatable bonds is 6. The van der Waals surface area contributed by atoms with E-state index in [4.69, 9.17) is 9.47 Å². The molecule has 0 aliphatic carbocycles. The second-order valence-corrected chi connectivity index (χ2v) is 9.08. The van der Waals surface area contributed by atoms with Crippen molar-refractivity contribution in [1.29, 1.82) is 0 Å². The van der Waals surface area contributed by atoms with Crippen LogP contribution in [-0.4, -0.2) is 63.1 Å². The molecule has 3 aromatic rings. The number of ether oxygens (including phenoxy) is 2. The van der Waals surface area contributed by atoms with Gasteiger partial charge in [0.1, 0.15) is 34.4 Å². The third-order valence-corrected chi connectivity index (χ3v) is 7.28. The lowest BCUT2D eigenvalue weighted by molar-refractivity contribution is 0.369. The number of piperazine rings is 1. The Balaban J connectivity index is 1.50. The summed E-state index contributed by atoms with van der Waals surface area (Å²) in [6.07, 6.45) is 1.46. The second kappa shape index (κ2) is 9.09. The third-order valence-electron chi connectivity index (χ3n) is 5.34. The van der Waals surface area contributed by atoms with Gasteiger partial charge >= 0.3 is 0 Å². The predicted octanol–water partition coefficient (Wildman–Crippen LogP) is 2.81. The summed E-state index contributed by atoms with van der Waals surface area (Å²) >= 11 is 0. The number of sulfonamides is 1. The summed E-state index contributed by atoms with van der Waals surface area (Å²) in [4.78, 5) is 10.7. The highest BCUT2D eigenvalue weighted by atomic mass is 32.2. The van der Waals surface area contributed by atoms with Gasteiger partial charge in [-0.05, 0) is 36.4 Å². The third kappa shape index (κ3) is 4.37. The van der Waals surface area contributed by atoms with Crippen LogP contribution >= 0.6 is 0 Å². The SMILES string of the molecule is COc1ccc(S(=O)(=O)N2CCN(c3cc(-c4ccc(F)cc4)ncn3)CC2)c(OC)c1. The summed E-state index contributed by atoms with van der Waals surface area (Å²) in [5.74, 6) is 1.14. The molecule has 0 saturated carbocycles. The van der Waals surface area contributed by atoms with Gasteiger partial charge in [-0.2, -0.15) is 4.31 Å². The smallest absolute Gasteiger partial charge is 0.246 e. The summed E-state index contributed by atoms with van der Waals surface area (Å²) in [5, 5.41) is 0. The Morgan fingerprint density at radius 3 is 2.28 bits per heavy atom. The number of hydrogen-bond donors (Lipinski definition) is 0. The van der Waals surface area contributed by atoms with Gasteiger partial charge in [0.2, 0.25) is 10.0 Å². The van der Waals surface area contributed by atoms with Crippen LogP contribution in [0.1, 0.15) is 0 Å². The number of nitrogens with zero attached hydrogens (tertiary/aromatic N) is 4. The van der Waals surface area contributed by atoms with Crippen molar-refractivity contribution in [1.82, 2.24) is 14.3 Å². The Kier molecular flexibility index (Phi) is 6.24. The van der Waals surface area contributed by atoms with Crippen molar-refractivity contribution in [2.24, 2.45) is 0 Å². The summed E-state index contributed by atoms with van der Waals surface area (Å²) in [6, 6.07) is 12.6. The van der Waals surface area contributed by atoms with Crippen LogP contribution in [-0.2, 0) is 10.0 Å². The first-order valence-corrected chi connectivity index (χ1v) is 11.4. The molecule has 4 rings (SSSR count). The highest BCUT2D eigenvalue weighted by Gasteiger charge is 2.31. The van der Waals surface area contributed by atoms with Gasteiger partial charge in [0, 0.05) is 43.9 Å². The lowest BCUT2D eigenvalue weighted by atomic mass is 10.1. The molecule has 0 radical (unpaired) electrons. The largest absolute Gasteiger partial charge is 0.497 e. The van der Waals surface area contributed by atoms with E-state index in [-0.39, 0.29) is 16.5 Å². The zero-order valence-corrected chi connectivity index (χ0v) is 18.5. The monoisotopic (exact) mass is 458 g/mol. The quantitative estimate of drug-likeness (QED) is 0.562. The predicted molar refractivity (Wildman–Crippen MR) is 118 cm³/mol. The molecule has 0 spiro atoms. The van der Waals surface area contributed by atoms with Crippen LogP contribution in [0.2, 0.25) is 0 Å². The Morgan fingerprint density at radius 1 is 0.906 bits per heavy atom. The average molecular weight is 459 g/mol. The summed E-state index contributed by atoms with van der Waals surface area (Å²) in [5.41, 5.74) is 1.45. The summed E-state index contributed by atoms with van der Waals surface area (Å²) in [6.45, 7) is 1.54. The number of halogens is 1. The number of aromatic nitrogens is 2. The van der Waals surface area contributed by atoms with Gasteiger partial charge < -0.3 is 14.4 Å². The Hall–Kier alpha value is -3.24. The molecule has 168 valence electrons. The average Bonchev–Trinajstić information content (AvgIpc) is 2.84. The normalized spacial score (nSPS) is 14.9. The van der Waals surface area contributed by atoms with Crippen molar-refractivity contribution in [3.63, 3.8) is 0 Å². The van der Waals surface area contributed by atoms with Gasteiger partial charge in [-0.15, -0.1) is 0 Å². The Morgan fingerprint density at radius 2 is 1.62 bits per heavy atom. The lowest BCUT2D eigenvalue weighted by Gasteiger charge is -2.34. The second-order valence-electron chi connectivity index (χ2n) is 7.18. The maximum atomic E-state index is 13.2. The molecule has 0 atom stereocenters. The van der Waals surface area contributed by atoms with Gasteiger partial charge in [0.15, 0.2) is 0 Å². The highest BCUT2D eigenvalue weighted by Crippen LogP contribution is 2.31. The molecule has 1 aliphatic heterocycles. The van der Waals surface area contributed by atoms with Gasteiger partial charge in [0.25, 0.3) is 0 Å². The number of hydrogen-bond acceptors (Lipinski definition) is 7. The van der Waals surface area contributed by atoms with E-state index < -0.39 is 10.0 Å². The van der Waals surface area contributed by atoms with E-state index >= 15 is 0 Å². The van der Waals surface area contributed by atoms with Crippen molar-refractivity contribution in [3.8, 4) is 22.8 Å². The van der Waals surface area contributed by atoms with E-state index in [2.05, 4.69) is 9.97 Å². The molecule has 8 nitrogen and oxygen atoms in total. The van der Waals surface area contributed by atoms with Crippen molar-refractivity contribution in [2.75, 3.05) is 45.3 Å². The standard InChI is InChI=1S/C22H23FN4O4S/c1-30-18-7-8-21(20(13-18)31-2)32(28,29)27-11-9-26(10-12-27)22-14-19(24-15-25-22)16-3-5-17(23)6-4-16/h3-8,13-15H,9-12H2,1-2H3. The zero-order valence-electron chi connectivity index (χ0n) is 17.7. The molecule has 2 heterocycles. The minimum absolute atomic E-state index is 0.106. The molecule has 2 aromatic carbocycles. The fraction of sp³-hybridized carbons (Fsp3) is 0.273. The van der Waals surface area contributed by atoms with Gasteiger partial charge in [-0.3, -0.25) is 0 Å². The van der Waals surface area contributed by atoms with E-state index in [1.54, 1.807) is 24.3 Å². The molecular weight excluding hydrogens is 435 g/mol. The van der Waals surface area contributed by atoms with E-state index in [1.165, 1.54) is 43.1 Å². The van der Waals surface area contributed by atoms with E-state index in [1.807, 2.05) is 11.0 Å². The van der Waals surface area contributed by atoms with Crippen molar-refractivity contribution < 1.29 is 22.3 Å². The maximum Gasteiger partial charge on any atom is 0.246 e. The van der Waals surface area contributed by atoms with Crippen molar-refractivity contribution in [2.45, 2.75) is 4.90 Å². The highest BCUT2D eigenvalue weighted by molar-refractivity contribution is 7.89. The molecule has 0 N–H and O–H groups in total. The van der Waals surface area contributed by atoms with Crippen LogP contribution < -0.4 is 14.4 Å². The molecule has 10 heteroatoms. The van der Waals surface area contributed by atoms with E-state index in [9.17, 15) is 12.8 Å². The van der Waals surface area contributed by atoms with Crippen molar-refractivity contribution in [3.05, 3.63) is 60.7 Å². The van der Waals surface area contributed by atoms with Crippen LogP contribution in [0.3, 0.4) is 0 Å². The van der Waals surface area contributed by atoms with Gasteiger partial charge in [-0.1, -0.05) is 0 Å². The minimum atomic E-state index is -3.73. The summed E-state index contributed by atoms with van der Waals surface area (Å²) < 4.78 is 51.5. The van der Waals surface area contributed by atoms with Gasteiger partial charge in [-0.25, -0.2) is 22.8 Å². The number of benzene rings is 2. The molecule has 1 fully saturated rings. The number of anilines is 1. The van der Waals surface area contributed by atoms with Crippen LogP contribution in [0.4, 0.5) is 10.2 Å². The molecule has 1 aromatic heterocycles. The molecule has 0 unspecified atom stereocenters. The van der Waals surface area contributed by atoms with Crippen LogP contribution in [0.25, 0.3) is 11.3 Å². The Labute approximate surface area is 186 Å². The number of methoxy groups -OCH3 is 2. The fourth-order valence-electron chi connectivity index (χ4n) is 3.58. The van der Waals surface area contributed by atoms with Crippen LogP contribution in [0, 0.1) is 5.82 Å². The molecule has 1 aliphatic rings. The fourth-order valence-corrected chi connectivity index (χ4v) is 5.14. The van der Waals surface area contributed by atoms with Crippen molar-refractivity contribution >= 4 is 15.8 Å². The molecule has 0 amide bonds. The van der Waals surface area contributed by atoms with E-state index in [0.29, 0.717) is 43.4 Å².